The average molecular weight is 242 g/mol. The fourth-order valence-electron chi connectivity index (χ4n) is 1.68. The van der Waals surface area contributed by atoms with Gasteiger partial charge in [-0.3, -0.25) is 4.79 Å². The molecule has 0 fully saturated rings. The van der Waals surface area contributed by atoms with Crippen molar-refractivity contribution in [1.82, 2.24) is 0 Å². The van der Waals surface area contributed by atoms with E-state index in [4.69, 9.17) is 16.3 Å². The van der Waals surface area contributed by atoms with Gasteiger partial charge in [-0.2, -0.15) is 0 Å². The van der Waals surface area contributed by atoms with Gasteiger partial charge in [0.2, 0.25) is 0 Å². The molecule has 0 aromatic heterocycles. The molecule has 16 heavy (non-hydrogen) atoms. The number of hydrogen-bond donors (Lipinski definition) is 0. The van der Waals surface area contributed by atoms with Crippen LogP contribution in [0.1, 0.15) is 12.5 Å². The first-order chi connectivity index (χ1) is 7.45. The third-order valence-corrected chi connectivity index (χ3v) is 2.51. The number of anilines is 1. The summed E-state index contributed by atoms with van der Waals surface area (Å²) in [6.45, 7) is 3.83. The number of halogens is 1. The summed E-state index contributed by atoms with van der Waals surface area (Å²) in [6, 6.07) is 3.64. The summed E-state index contributed by atoms with van der Waals surface area (Å²) in [4.78, 5) is 12.9. The van der Waals surface area contributed by atoms with Gasteiger partial charge in [-0.25, -0.2) is 0 Å². The van der Waals surface area contributed by atoms with Gasteiger partial charge in [-0.05, 0) is 31.5 Å². The Balaban J connectivity index is 3.15. The summed E-state index contributed by atoms with van der Waals surface area (Å²) in [5, 5.41) is 0.642. The second-order valence-corrected chi connectivity index (χ2v) is 4.27. The molecule has 0 amide bonds. The largest absolute Gasteiger partial charge is 0.494 e. The van der Waals surface area contributed by atoms with Gasteiger partial charge in [-0.15, -0.1) is 0 Å². The second-order valence-electron chi connectivity index (χ2n) is 3.83. The van der Waals surface area contributed by atoms with Crippen LogP contribution in [0.4, 0.5) is 5.69 Å². The third kappa shape index (κ3) is 2.89. The Morgan fingerprint density at radius 3 is 2.62 bits per heavy atom. The van der Waals surface area contributed by atoms with Crippen LogP contribution in [-0.4, -0.2) is 26.5 Å². The van der Waals surface area contributed by atoms with E-state index in [1.807, 2.05) is 24.9 Å². The average Bonchev–Trinajstić information content (AvgIpc) is 2.15. The van der Waals surface area contributed by atoms with Crippen molar-refractivity contribution in [3.63, 3.8) is 0 Å². The van der Waals surface area contributed by atoms with Crippen molar-refractivity contribution < 1.29 is 9.53 Å². The van der Waals surface area contributed by atoms with Crippen LogP contribution >= 0.6 is 11.6 Å². The predicted octanol–water partition coefficient (Wildman–Crippen LogP) is 2.68. The smallest absolute Gasteiger partial charge is 0.149 e. The van der Waals surface area contributed by atoms with E-state index in [1.165, 1.54) is 0 Å². The van der Waals surface area contributed by atoms with E-state index < -0.39 is 0 Å². The van der Waals surface area contributed by atoms with Crippen LogP contribution in [0, 0.1) is 6.92 Å². The molecule has 0 saturated carbocycles. The maximum absolute atomic E-state index is 11.1. The van der Waals surface area contributed by atoms with Gasteiger partial charge in [0.1, 0.15) is 11.5 Å². The SMILES string of the molecule is COc1c(C)cc(Cl)cc1N(C)CC(C)=O. The van der Waals surface area contributed by atoms with E-state index in [1.54, 1.807) is 20.1 Å². The molecule has 0 radical (unpaired) electrons. The number of methoxy groups -OCH3 is 1. The molecule has 0 N–H and O–H groups in total. The molecule has 0 aliphatic carbocycles. The summed E-state index contributed by atoms with van der Waals surface area (Å²) in [5.74, 6) is 0.857. The maximum atomic E-state index is 11.1. The second kappa shape index (κ2) is 5.21. The van der Waals surface area contributed by atoms with Crippen LogP contribution in [0.5, 0.6) is 5.75 Å². The zero-order valence-corrected chi connectivity index (χ0v) is 10.8. The topological polar surface area (TPSA) is 29.5 Å². The van der Waals surface area contributed by atoms with Crippen LogP contribution in [0.15, 0.2) is 12.1 Å². The lowest BCUT2D eigenvalue weighted by atomic mass is 10.1. The maximum Gasteiger partial charge on any atom is 0.149 e. The van der Waals surface area contributed by atoms with Gasteiger partial charge in [-0.1, -0.05) is 11.6 Å². The number of nitrogens with zero attached hydrogens (tertiary/aromatic N) is 1. The van der Waals surface area contributed by atoms with Gasteiger partial charge >= 0.3 is 0 Å². The highest BCUT2D eigenvalue weighted by Crippen LogP contribution is 2.34. The molecule has 0 heterocycles. The first-order valence-electron chi connectivity index (χ1n) is 5.00. The number of likely N-dealkylation sites (N-methyl/N-ethyl adjacent to an activating group) is 1. The molecule has 0 aliphatic heterocycles. The predicted molar refractivity (Wildman–Crippen MR) is 66.7 cm³/mol. The van der Waals surface area contributed by atoms with Gasteiger partial charge in [0, 0.05) is 12.1 Å². The molecule has 1 aromatic rings. The minimum absolute atomic E-state index is 0.0992. The molecular weight excluding hydrogens is 226 g/mol. The third-order valence-electron chi connectivity index (χ3n) is 2.30. The summed E-state index contributed by atoms with van der Waals surface area (Å²) in [6.07, 6.45) is 0. The monoisotopic (exact) mass is 241 g/mol. The zero-order valence-electron chi connectivity index (χ0n) is 10.0. The van der Waals surface area contributed by atoms with Crippen molar-refractivity contribution in [3.05, 3.63) is 22.7 Å². The fourth-order valence-corrected chi connectivity index (χ4v) is 1.95. The number of aryl methyl sites for hydroxylation is 1. The minimum Gasteiger partial charge on any atom is -0.494 e. The van der Waals surface area contributed by atoms with E-state index in [9.17, 15) is 4.79 Å². The quantitative estimate of drug-likeness (QED) is 0.812. The van der Waals surface area contributed by atoms with Crippen LogP contribution in [0.2, 0.25) is 5.02 Å². The van der Waals surface area contributed by atoms with Crippen LogP contribution in [-0.2, 0) is 4.79 Å². The summed E-state index contributed by atoms with van der Waals surface area (Å²) < 4.78 is 5.32. The van der Waals surface area contributed by atoms with Crippen LogP contribution in [0.25, 0.3) is 0 Å². The molecule has 0 aliphatic rings. The Kier molecular flexibility index (Phi) is 4.19. The van der Waals surface area contributed by atoms with Gasteiger partial charge in [0.25, 0.3) is 0 Å². The number of ketones is 1. The Bertz CT molecular complexity index is 404. The zero-order chi connectivity index (χ0) is 12.3. The fraction of sp³-hybridized carbons (Fsp3) is 0.417. The first-order valence-corrected chi connectivity index (χ1v) is 5.38. The molecule has 3 nitrogen and oxygen atoms in total. The highest BCUT2D eigenvalue weighted by atomic mass is 35.5. The molecule has 1 rings (SSSR count). The van der Waals surface area contributed by atoms with Crippen LogP contribution < -0.4 is 9.64 Å². The van der Waals surface area contributed by atoms with Crippen molar-refractivity contribution in [2.24, 2.45) is 0 Å². The number of carbonyl (C=O) groups is 1. The lowest BCUT2D eigenvalue weighted by Gasteiger charge is -2.22. The van der Waals surface area contributed by atoms with Gasteiger partial charge in [0.15, 0.2) is 0 Å². The van der Waals surface area contributed by atoms with E-state index in [0.717, 1.165) is 17.0 Å². The van der Waals surface area contributed by atoms with E-state index in [2.05, 4.69) is 0 Å². The Hall–Kier alpha value is -1.22. The molecule has 0 bridgehead atoms. The molecule has 1 aromatic carbocycles. The standard InChI is InChI=1S/C12H16ClNO2/c1-8-5-10(13)6-11(12(8)16-4)14(3)7-9(2)15/h5-6H,7H2,1-4H3. The van der Waals surface area contributed by atoms with E-state index in [-0.39, 0.29) is 5.78 Å². The molecule has 0 saturated heterocycles. The number of rotatable bonds is 4. The minimum atomic E-state index is 0.0992. The Labute approximate surface area is 101 Å². The number of carbonyl (C=O) groups excluding carboxylic acids is 1. The highest BCUT2D eigenvalue weighted by Gasteiger charge is 2.13. The number of benzene rings is 1. The molecule has 0 spiro atoms. The number of hydrogen-bond acceptors (Lipinski definition) is 3. The number of Topliss-reactive ketones (excluding diaryl/α,β-unsaturated/α-hetero) is 1. The summed E-state index contributed by atoms with van der Waals surface area (Å²) >= 11 is 5.99. The van der Waals surface area contributed by atoms with Crippen molar-refractivity contribution in [2.45, 2.75) is 13.8 Å². The van der Waals surface area contributed by atoms with Crippen LogP contribution in [0.3, 0.4) is 0 Å². The Morgan fingerprint density at radius 2 is 2.12 bits per heavy atom. The van der Waals surface area contributed by atoms with Gasteiger partial charge < -0.3 is 9.64 Å². The van der Waals surface area contributed by atoms with Crippen molar-refractivity contribution in [3.8, 4) is 5.75 Å². The lowest BCUT2D eigenvalue weighted by Crippen LogP contribution is -2.24. The van der Waals surface area contributed by atoms with Crippen molar-refractivity contribution in [2.75, 3.05) is 25.6 Å². The van der Waals surface area contributed by atoms with E-state index in [0.29, 0.717) is 11.6 Å². The number of ether oxygens (including phenoxy) is 1. The molecule has 0 unspecified atom stereocenters. The highest BCUT2D eigenvalue weighted by molar-refractivity contribution is 6.31. The molecule has 0 atom stereocenters. The summed E-state index contributed by atoms with van der Waals surface area (Å²) in [5.41, 5.74) is 1.79. The lowest BCUT2D eigenvalue weighted by molar-refractivity contribution is -0.115. The Morgan fingerprint density at radius 1 is 1.50 bits per heavy atom. The first kappa shape index (κ1) is 12.8. The molecular formula is C12H16ClNO2. The normalized spacial score (nSPS) is 10.1. The van der Waals surface area contributed by atoms with Crippen molar-refractivity contribution in [1.29, 1.82) is 0 Å². The molecule has 4 heteroatoms. The summed E-state index contributed by atoms with van der Waals surface area (Å²) in [7, 11) is 3.45. The van der Waals surface area contributed by atoms with Crippen molar-refractivity contribution >= 4 is 23.1 Å². The van der Waals surface area contributed by atoms with E-state index >= 15 is 0 Å². The molecule has 88 valence electrons. The van der Waals surface area contributed by atoms with Gasteiger partial charge in [0.05, 0.1) is 19.3 Å².